The molecule has 6 nitrogen and oxygen atoms in total. The normalized spacial score (nSPS) is 14.8. The van der Waals surface area contributed by atoms with Crippen molar-refractivity contribution in [3.63, 3.8) is 0 Å². The maximum absolute atomic E-state index is 12.2. The summed E-state index contributed by atoms with van der Waals surface area (Å²) in [7, 11) is 0. The molecule has 3 N–H and O–H groups in total. The zero-order valence-corrected chi connectivity index (χ0v) is 16.6. The SMILES string of the molecule is CCC=CC[C@@](C)(NNC(=O)OCC1c2ccccc2-c2ccccc21)C(=O)O. The summed E-state index contributed by atoms with van der Waals surface area (Å²) in [5.41, 5.74) is 8.19. The first kappa shape index (κ1) is 20.6. The average Bonchev–Trinajstić information content (AvgIpc) is 3.05. The highest BCUT2D eigenvalue weighted by Crippen LogP contribution is 2.44. The van der Waals surface area contributed by atoms with E-state index in [4.69, 9.17) is 4.74 Å². The summed E-state index contributed by atoms with van der Waals surface area (Å²) in [6, 6.07) is 16.2. The highest BCUT2D eigenvalue weighted by Gasteiger charge is 2.33. The second kappa shape index (κ2) is 8.92. The molecule has 0 aliphatic heterocycles. The van der Waals surface area contributed by atoms with Gasteiger partial charge in [-0.1, -0.05) is 67.6 Å². The number of fused-ring (bicyclic) bond motifs is 3. The Bertz CT molecular complexity index is 879. The number of carbonyl (C=O) groups is 2. The number of carboxylic acids is 1. The third-order valence-electron chi connectivity index (χ3n) is 5.18. The minimum absolute atomic E-state index is 0.0495. The molecule has 29 heavy (non-hydrogen) atoms. The number of amides is 1. The van der Waals surface area contributed by atoms with E-state index < -0.39 is 17.6 Å². The molecule has 3 rings (SSSR count). The van der Waals surface area contributed by atoms with Crippen molar-refractivity contribution in [1.29, 1.82) is 0 Å². The highest BCUT2D eigenvalue weighted by molar-refractivity contribution is 5.80. The van der Waals surface area contributed by atoms with Crippen LogP contribution in [0.15, 0.2) is 60.7 Å². The predicted molar refractivity (Wildman–Crippen MR) is 111 cm³/mol. The number of hydrogen-bond acceptors (Lipinski definition) is 4. The molecule has 6 heteroatoms. The highest BCUT2D eigenvalue weighted by atomic mass is 16.6. The number of hydrazine groups is 1. The van der Waals surface area contributed by atoms with Crippen LogP contribution < -0.4 is 10.9 Å². The molecule has 0 heterocycles. The van der Waals surface area contributed by atoms with Crippen molar-refractivity contribution in [2.24, 2.45) is 0 Å². The standard InChI is InChI=1S/C23H26N2O4/c1-3-4-9-14-23(2,21(26)27)25-24-22(28)29-15-20-18-12-7-5-10-16(18)17-11-6-8-13-19(17)20/h4-13,20,25H,3,14-15H2,1-2H3,(H,24,28)(H,26,27)/t23-/m1/s1. The Morgan fingerprint density at radius 1 is 1.07 bits per heavy atom. The van der Waals surface area contributed by atoms with Crippen LogP contribution in [0, 0.1) is 0 Å². The quantitative estimate of drug-likeness (QED) is 0.461. The molecule has 1 aliphatic rings. The monoisotopic (exact) mass is 394 g/mol. The summed E-state index contributed by atoms with van der Waals surface area (Å²) < 4.78 is 5.42. The molecule has 2 aromatic rings. The van der Waals surface area contributed by atoms with Crippen molar-refractivity contribution >= 4 is 12.1 Å². The average molecular weight is 394 g/mol. The van der Waals surface area contributed by atoms with Crippen LogP contribution in [-0.4, -0.2) is 29.3 Å². The minimum Gasteiger partial charge on any atom is -0.480 e. The zero-order chi connectivity index (χ0) is 20.9. The molecule has 1 amide bonds. The molecule has 0 spiro atoms. The number of carboxylic acid groups (broad SMARTS) is 1. The molecule has 0 fully saturated rings. The van der Waals surface area contributed by atoms with E-state index in [0.717, 1.165) is 28.7 Å². The van der Waals surface area contributed by atoms with E-state index >= 15 is 0 Å². The number of aliphatic carboxylic acids is 1. The molecule has 0 saturated heterocycles. The van der Waals surface area contributed by atoms with Gasteiger partial charge < -0.3 is 9.84 Å². The Morgan fingerprint density at radius 3 is 2.21 bits per heavy atom. The van der Waals surface area contributed by atoms with Crippen LogP contribution in [0.5, 0.6) is 0 Å². The molecule has 152 valence electrons. The zero-order valence-electron chi connectivity index (χ0n) is 16.6. The van der Waals surface area contributed by atoms with Crippen LogP contribution in [0.4, 0.5) is 4.79 Å². The van der Waals surface area contributed by atoms with E-state index in [1.54, 1.807) is 6.08 Å². The number of nitrogens with one attached hydrogen (secondary N) is 2. The second-order valence-electron chi connectivity index (χ2n) is 7.30. The lowest BCUT2D eigenvalue weighted by atomic mass is 9.98. The summed E-state index contributed by atoms with van der Waals surface area (Å²) in [5, 5.41) is 9.48. The first-order chi connectivity index (χ1) is 14.0. The van der Waals surface area contributed by atoms with Crippen LogP contribution in [0.3, 0.4) is 0 Å². The maximum Gasteiger partial charge on any atom is 0.421 e. The molecular weight excluding hydrogens is 368 g/mol. The topological polar surface area (TPSA) is 87.7 Å². The van der Waals surface area contributed by atoms with Crippen LogP contribution >= 0.6 is 0 Å². The number of rotatable bonds is 8. The van der Waals surface area contributed by atoms with Gasteiger partial charge in [0, 0.05) is 5.92 Å². The second-order valence-corrected chi connectivity index (χ2v) is 7.30. The Balaban J connectivity index is 1.62. The van der Waals surface area contributed by atoms with Gasteiger partial charge in [-0.25, -0.2) is 10.2 Å². The van der Waals surface area contributed by atoms with Crippen LogP contribution in [0.2, 0.25) is 0 Å². The fourth-order valence-corrected chi connectivity index (χ4v) is 3.50. The van der Waals surface area contributed by atoms with Crippen LogP contribution in [-0.2, 0) is 9.53 Å². The van der Waals surface area contributed by atoms with E-state index in [1.165, 1.54) is 6.92 Å². The van der Waals surface area contributed by atoms with Gasteiger partial charge in [-0.15, -0.1) is 0 Å². The van der Waals surface area contributed by atoms with Crippen molar-refractivity contribution in [1.82, 2.24) is 10.9 Å². The van der Waals surface area contributed by atoms with Gasteiger partial charge >= 0.3 is 12.1 Å². The summed E-state index contributed by atoms with van der Waals surface area (Å²) in [6.45, 7) is 3.65. The molecule has 2 aromatic carbocycles. The third-order valence-corrected chi connectivity index (χ3v) is 5.18. The van der Waals surface area contributed by atoms with E-state index in [-0.39, 0.29) is 18.9 Å². The van der Waals surface area contributed by atoms with Crippen molar-refractivity contribution in [2.75, 3.05) is 6.61 Å². The van der Waals surface area contributed by atoms with Gasteiger partial charge in [-0.2, -0.15) is 0 Å². The summed E-state index contributed by atoms with van der Waals surface area (Å²) in [5.74, 6) is -1.11. The molecule has 0 aromatic heterocycles. The van der Waals surface area contributed by atoms with Crippen LogP contribution in [0.1, 0.15) is 43.7 Å². The number of hydrogen-bond donors (Lipinski definition) is 3. The van der Waals surface area contributed by atoms with Crippen molar-refractivity contribution < 1.29 is 19.4 Å². The Kier molecular flexibility index (Phi) is 6.34. The number of ether oxygens (including phenoxy) is 1. The lowest BCUT2D eigenvalue weighted by Gasteiger charge is -2.25. The largest absolute Gasteiger partial charge is 0.480 e. The van der Waals surface area contributed by atoms with Crippen molar-refractivity contribution in [3.8, 4) is 11.1 Å². The molecule has 1 aliphatic carbocycles. The molecule has 1 atom stereocenters. The minimum atomic E-state index is -1.32. The first-order valence-corrected chi connectivity index (χ1v) is 9.73. The van der Waals surface area contributed by atoms with Gasteiger partial charge in [0.15, 0.2) is 0 Å². The summed E-state index contributed by atoms with van der Waals surface area (Å²) in [4.78, 5) is 23.8. The van der Waals surface area contributed by atoms with Gasteiger partial charge in [0.05, 0.1) is 0 Å². The molecule has 0 bridgehead atoms. The lowest BCUT2D eigenvalue weighted by molar-refractivity contribution is -0.144. The Labute approximate surface area is 170 Å². The van der Waals surface area contributed by atoms with E-state index in [1.807, 2.05) is 49.4 Å². The van der Waals surface area contributed by atoms with E-state index in [2.05, 4.69) is 23.0 Å². The van der Waals surface area contributed by atoms with Gasteiger partial charge in [0.1, 0.15) is 12.1 Å². The number of benzene rings is 2. The number of allylic oxidation sites excluding steroid dienone is 1. The van der Waals surface area contributed by atoms with Gasteiger partial charge in [0.2, 0.25) is 0 Å². The van der Waals surface area contributed by atoms with Crippen molar-refractivity contribution in [3.05, 3.63) is 71.8 Å². The smallest absolute Gasteiger partial charge is 0.421 e. The molecular formula is C23H26N2O4. The Hall–Kier alpha value is -3.12. The Morgan fingerprint density at radius 2 is 1.66 bits per heavy atom. The van der Waals surface area contributed by atoms with Gasteiger partial charge in [0.25, 0.3) is 0 Å². The third kappa shape index (κ3) is 4.49. The van der Waals surface area contributed by atoms with Crippen LogP contribution in [0.25, 0.3) is 11.1 Å². The van der Waals surface area contributed by atoms with Gasteiger partial charge in [-0.05, 0) is 42.0 Å². The van der Waals surface area contributed by atoms with E-state index in [9.17, 15) is 14.7 Å². The predicted octanol–water partition coefficient (Wildman–Crippen LogP) is 4.23. The summed E-state index contributed by atoms with van der Waals surface area (Å²) in [6.07, 6.45) is 4.00. The van der Waals surface area contributed by atoms with Gasteiger partial charge in [-0.3, -0.25) is 10.2 Å². The number of carbonyl (C=O) groups excluding carboxylic acids is 1. The molecule has 0 radical (unpaired) electrons. The fourth-order valence-electron chi connectivity index (χ4n) is 3.50. The maximum atomic E-state index is 12.2. The first-order valence-electron chi connectivity index (χ1n) is 9.73. The fraction of sp³-hybridized carbons (Fsp3) is 0.304. The molecule has 0 saturated carbocycles. The lowest BCUT2D eigenvalue weighted by Crippen LogP contribution is -2.57. The van der Waals surface area contributed by atoms with E-state index in [0.29, 0.717) is 0 Å². The summed E-state index contributed by atoms with van der Waals surface area (Å²) >= 11 is 0. The van der Waals surface area contributed by atoms with Crippen molar-refractivity contribution in [2.45, 2.75) is 38.1 Å². The molecule has 0 unspecified atom stereocenters.